The van der Waals surface area contributed by atoms with E-state index in [1.54, 1.807) is 18.3 Å². The summed E-state index contributed by atoms with van der Waals surface area (Å²) in [5, 5.41) is 0.910. The summed E-state index contributed by atoms with van der Waals surface area (Å²) in [6.07, 6.45) is 1.64. The zero-order valence-electron chi connectivity index (χ0n) is 10.5. The van der Waals surface area contributed by atoms with E-state index in [-0.39, 0.29) is 17.5 Å². The van der Waals surface area contributed by atoms with Gasteiger partial charge in [-0.05, 0) is 45.9 Å². The Morgan fingerprint density at radius 3 is 2.84 bits per heavy atom. The van der Waals surface area contributed by atoms with Crippen LogP contribution in [0.2, 0.25) is 0 Å². The highest BCUT2D eigenvalue weighted by atomic mass is 79.9. The normalized spacial score (nSPS) is 12.8. The molecule has 0 spiro atoms. The largest absolute Gasteiger partial charge is 0.312 e. The van der Waals surface area contributed by atoms with Crippen LogP contribution in [0.4, 0.5) is 8.78 Å². The zero-order chi connectivity index (χ0) is 14.0. The first-order chi connectivity index (χ1) is 9.02. The summed E-state index contributed by atoms with van der Waals surface area (Å²) < 4.78 is 28.7. The second kappa shape index (κ2) is 5.82. The summed E-state index contributed by atoms with van der Waals surface area (Å²) in [5.74, 6) is -0.493. The average molecular weight is 330 g/mol. The number of pyridine rings is 1. The fourth-order valence-corrected chi connectivity index (χ4v) is 2.40. The quantitative estimate of drug-likeness (QED) is 0.829. The van der Waals surface area contributed by atoms with E-state index >= 15 is 0 Å². The molecule has 1 unspecified atom stereocenters. The van der Waals surface area contributed by atoms with Crippen molar-refractivity contribution in [2.24, 2.45) is 0 Å². The maximum absolute atomic E-state index is 13.6. The minimum atomic E-state index is -1.06. The van der Waals surface area contributed by atoms with Crippen LogP contribution in [0.3, 0.4) is 0 Å². The molecule has 0 N–H and O–H groups in total. The molecule has 1 atom stereocenters. The lowest BCUT2D eigenvalue weighted by Gasteiger charge is -2.10. The molecule has 2 nitrogen and oxygen atoms in total. The van der Waals surface area contributed by atoms with Crippen LogP contribution in [0.5, 0.6) is 0 Å². The lowest BCUT2D eigenvalue weighted by molar-refractivity contribution is 0.274. The Bertz CT molecular complexity index is 654. The number of benzene rings is 1. The van der Waals surface area contributed by atoms with Crippen LogP contribution in [0.15, 0.2) is 33.7 Å². The van der Waals surface area contributed by atoms with Crippen LogP contribution in [0, 0.1) is 5.82 Å². The van der Waals surface area contributed by atoms with Crippen LogP contribution in [0.25, 0.3) is 10.8 Å². The first-order valence-electron chi connectivity index (χ1n) is 6.15. The second-order valence-electron chi connectivity index (χ2n) is 4.51. The molecular formula is C14H14BrF2NO. The summed E-state index contributed by atoms with van der Waals surface area (Å²) in [5.41, 5.74) is -0.359. The zero-order valence-corrected chi connectivity index (χ0v) is 12.1. The Morgan fingerprint density at radius 1 is 1.42 bits per heavy atom. The molecule has 1 aromatic heterocycles. The van der Waals surface area contributed by atoms with Crippen LogP contribution < -0.4 is 5.56 Å². The highest BCUT2D eigenvalue weighted by Crippen LogP contribution is 2.21. The Morgan fingerprint density at radius 2 is 2.16 bits per heavy atom. The topological polar surface area (TPSA) is 22.0 Å². The third kappa shape index (κ3) is 3.03. The average Bonchev–Trinajstić information content (AvgIpc) is 2.36. The van der Waals surface area contributed by atoms with Crippen LogP contribution in [0.1, 0.15) is 19.8 Å². The fourth-order valence-electron chi connectivity index (χ4n) is 2.04. The summed E-state index contributed by atoms with van der Waals surface area (Å²) in [6.45, 7) is 1.91. The number of halogens is 3. The van der Waals surface area contributed by atoms with Crippen molar-refractivity contribution in [2.45, 2.75) is 32.5 Å². The summed E-state index contributed by atoms with van der Waals surface area (Å²) in [6, 6.07) is 4.43. The van der Waals surface area contributed by atoms with Gasteiger partial charge in [-0.2, -0.15) is 0 Å². The van der Waals surface area contributed by atoms with Gasteiger partial charge in [0.2, 0.25) is 0 Å². The molecule has 19 heavy (non-hydrogen) atoms. The maximum Gasteiger partial charge on any atom is 0.258 e. The van der Waals surface area contributed by atoms with Gasteiger partial charge in [0.1, 0.15) is 12.0 Å². The molecule has 0 aliphatic carbocycles. The van der Waals surface area contributed by atoms with Gasteiger partial charge in [0, 0.05) is 6.20 Å². The van der Waals surface area contributed by atoms with Crippen molar-refractivity contribution in [1.82, 2.24) is 4.57 Å². The molecule has 0 saturated carbocycles. The molecule has 2 aromatic rings. The van der Waals surface area contributed by atoms with Crippen molar-refractivity contribution in [3.8, 4) is 0 Å². The summed E-state index contributed by atoms with van der Waals surface area (Å²) >= 11 is 3.08. The Balaban J connectivity index is 2.46. The van der Waals surface area contributed by atoms with Crippen molar-refractivity contribution in [2.75, 3.05) is 0 Å². The van der Waals surface area contributed by atoms with E-state index in [2.05, 4.69) is 15.9 Å². The van der Waals surface area contributed by atoms with Crippen molar-refractivity contribution in [1.29, 1.82) is 0 Å². The Hall–Kier alpha value is -1.23. The van der Waals surface area contributed by atoms with E-state index in [0.29, 0.717) is 16.3 Å². The van der Waals surface area contributed by atoms with Gasteiger partial charge in [0.15, 0.2) is 0 Å². The van der Waals surface area contributed by atoms with E-state index in [9.17, 15) is 13.6 Å². The van der Waals surface area contributed by atoms with Crippen molar-refractivity contribution in [3.63, 3.8) is 0 Å². The molecule has 0 bridgehead atoms. The molecule has 102 valence electrons. The lowest BCUT2D eigenvalue weighted by atomic mass is 10.1. The first-order valence-corrected chi connectivity index (χ1v) is 6.94. The summed E-state index contributed by atoms with van der Waals surface area (Å²) in [7, 11) is 0. The van der Waals surface area contributed by atoms with Crippen molar-refractivity contribution < 1.29 is 8.78 Å². The number of fused-ring (bicyclic) bond motifs is 1. The van der Waals surface area contributed by atoms with Crippen molar-refractivity contribution in [3.05, 3.63) is 45.0 Å². The maximum atomic E-state index is 13.6. The molecule has 0 fully saturated rings. The highest BCUT2D eigenvalue weighted by molar-refractivity contribution is 9.10. The lowest BCUT2D eigenvalue weighted by Crippen LogP contribution is -2.24. The van der Waals surface area contributed by atoms with Gasteiger partial charge < -0.3 is 4.57 Å². The molecule has 0 aliphatic heterocycles. The van der Waals surface area contributed by atoms with Crippen LogP contribution in [-0.4, -0.2) is 10.7 Å². The molecule has 1 heterocycles. The predicted molar refractivity (Wildman–Crippen MR) is 75.7 cm³/mol. The van der Waals surface area contributed by atoms with Crippen molar-refractivity contribution >= 4 is 26.7 Å². The Kier molecular flexibility index (Phi) is 4.34. The standard InChI is InChI=1S/C14H14BrF2NO/c1-2-3-10(16)8-18-5-4-9-6-12(15)13(17)7-11(9)14(18)19/h4-7,10H,2-3,8H2,1H3. The van der Waals surface area contributed by atoms with Crippen LogP contribution in [-0.2, 0) is 6.54 Å². The molecular weight excluding hydrogens is 316 g/mol. The van der Waals surface area contributed by atoms with Gasteiger partial charge >= 0.3 is 0 Å². The highest BCUT2D eigenvalue weighted by Gasteiger charge is 2.11. The van der Waals surface area contributed by atoms with Gasteiger partial charge in [0.05, 0.1) is 16.4 Å². The second-order valence-corrected chi connectivity index (χ2v) is 5.37. The molecule has 1 aromatic carbocycles. The van der Waals surface area contributed by atoms with Gasteiger partial charge in [-0.25, -0.2) is 8.78 Å². The SMILES string of the molecule is CCCC(F)Cn1ccc2cc(Br)c(F)cc2c1=O. The molecule has 0 amide bonds. The molecule has 0 aliphatic rings. The van der Waals surface area contributed by atoms with Gasteiger partial charge in [-0.1, -0.05) is 13.3 Å². The van der Waals surface area contributed by atoms with E-state index in [0.717, 1.165) is 6.42 Å². The minimum absolute atomic E-state index is 0.0142. The smallest absolute Gasteiger partial charge is 0.258 e. The minimum Gasteiger partial charge on any atom is -0.312 e. The van der Waals surface area contributed by atoms with Gasteiger partial charge in [-0.3, -0.25) is 4.79 Å². The fraction of sp³-hybridized carbons (Fsp3) is 0.357. The van der Waals surface area contributed by atoms with Crippen LogP contribution >= 0.6 is 15.9 Å². The molecule has 0 radical (unpaired) electrons. The number of nitrogens with zero attached hydrogens (tertiary/aromatic N) is 1. The number of rotatable bonds is 4. The molecule has 0 saturated heterocycles. The third-order valence-corrected chi connectivity index (χ3v) is 3.62. The number of hydrogen-bond acceptors (Lipinski definition) is 1. The third-order valence-electron chi connectivity index (χ3n) is 3.01. The van der Waals surface area contributed by atoms with Gasteiger partial charge in [-0.15, -0.1) is 0 Å². The monoisotopic (exact) mass is 329 g/mol. The number of alkyl halides is 1. The summed E-state index contributed by atoms with van der Waals surface area (Å²) in [4.78, 5) is 12.1. The molecule has 5 heteroatoms. The van der Waals surface area contributed by atoms with E-state index in [1.165, 1.54) is 10.6 Å². The van der Waals surface area contributed by atoms with E-state index in [4.69, 9.17) is 0 Å². The first kappa shape index (κ1) is 14.2. The Labute approximate surface area is 118 Å². The van der Waals surface area contributed by atoms with E-state index < -0.39 is 12.0 Å². The molecule has 2 rings (SSSR count). The number of aromatic nitrogens is 1. The van der Waals surface area contributed by atoms with E-state index in [1.807, 2.05) is 6.92 Å². The predicted octanol–water partition coefficient (Wildman–Crippen LogP) is 4.04. The van der Waals surface area contributed by atoms with Gasteiger partial charge in [0.25, 0.3) is 5.56 Å². The number of hydrogen-bond donors (Lipinski definition) is 0.